The van der Waals surface area contributed by atoms with Gasteiger partial charge in [-0.3, -0.25) is 9.48 Å². The second-order valence-electron chi connectivity index (χ2n) is 5.63. The van der Waals surface area contributed by atoms with Gasteiger partial charge < -0.3 is 5.32 Å². The Bertz CT molecular complexity index is 787. The van der Waals surface area contributed by atoms with E-state index in [0.717, 1.165) is 27.7 Å². The van der Waals surface area contributed by atoms with E-state index in [1.807, 2.05) is 56.5 Å². The molecule has 1 atom stereocenters. The lowest BCUT2D eigenvalue weighted by Crippen LogP contribution is -2.23. The Hall–Kier alpha value is -2.33. The molecule has 2 aromatic rings. The van der Waals surface area contributed by atoms with E-state index >= 15 is 0 Å². The average molecular weight is 328 g/mol. The number of allylic oxidation sites excluding steroid dienone is 3. The van der Waals surface area contributed by atoms with Crippen molar-refractivity contribution >= 4 is 29.4 Å². The molecule has 1 aliphatic heterocycles. The lowest BCUT2D eigenvalue weighted by molar-refractivity contribution is -0.116. The molecule has 0 saturated heterocycles. The van der Waals surface area contributed by atoms with Crippen LogP contribution >= 0.6 is 11.6 Å². The Morgan fingerprint density at radius 3 is 2.78 bits per heavy atom. The van der Waals surface area contributed by atoms with Crippen LogP contribution in [0, 0.1) is 6.92 Å². The van der Waals surface area contributed by atoms with Crippen molar-refractivity contribution in [3.05, 3.63) is 64.3 Å². The van der Waals surface area contributed by atoms with E-state index in [4.69, 9.17) is 11.6 Å². The summed E-state index contributed by atoms with van der Waals surface area (Å²) in [5, 5.41) is 8.02. The Labute approximate surface area is 140 Å². The molecule has 5 heteroatoms. The number of fused-ring (bicyclic) bond motifs is 1. The van der Waals surface area contributed by atoms with E-state index in [1.165, 1.54) is 0 Å². The van der Waals surface area contributed by atoms with E-state index in [-0.39, 0.29) is 11.8 Å². The number of rotatable bonds is 3. The van der Waals surface area contributed by atoms with Crippen LogP contribution in [0.2, 0.25) is 5.02 Å². The van der Waals surface area contributed by atoms with Crippen LogP contribution in [0.5, 0.6) is 0 Å². The Morgan fingerprint density at radius 1 is 1.30 bits per heavy atom. The summed E-state index contributed by atoms with van der Waals surface area (Å²) in [6.45, 7) is 1.97. The Kier molecular flexibility index (Phi) is 4.35. The molecule has 1 unspecified atom stereocenters. The maximum atomic E-state index is 11.9. The van der Waals surface area contributed by atoms with Gasteiger partial charge >= 0.3 is 0 Å². The number of hydrogen-bond donors (Lipinski definition) is 1. The van der Waals surface area contributed by atoms with Crippen molar-refractivity contribution in [2.45, 2.75) is 19.3 Å². The first-order valence-electron chi connectivity index (χ1n) is 7.48. The molecular formula is C18H18ClN3O. The van der Waals surface area contributed by atoms with Crippen molar-refractivity contribution in [3.63, 3.8) is 0 Å². The van der Waals surface area contributed by atoms with Gasteiger partial charge in [0.05, 0.1) is 5.69 Å². The second-order valence-corrected chi connectivity index (χ2v) is 6.06. The van der Waals surface area contributed by atoms with Gasteiger partial charge in [-0.1, -0.05) is 48.0 Å². The molecule has 1 aromatic carbocycles. The number of aryl methyl sites for hydroxylation is 2. The molecule has 1 amide bonds. The van der Waals surface area contributed by atoms with Crippen molar-refractivity contribution < 1.29 is 4.79 Å². The highest BCUT2D eigenvalue weighted by atomic mass is 35.5. The highest BCUT2D eigenvalue weighted by Crippen LogP contribution is 2.35. The largest absolute Gasteiger partial charge is 0.311 e. The van der Waals surface area contributed by atoms with Crippen LogP contribution in [0.25, 0.3) is 6.08 Å². The van der Waals surface area contributed by atoms with E-state index in [9.17, 15) is 4.79 Å². The average Bonchev–Trinajstić information content (AvgIpc) is 2.80. The zero-order valence-electron chi connectivity index (χ0n) is 13.1. The van der Waals surface area contributed by atoms with Crippen LogP contribution in [-0.4, -0.2) is 15.7 Å². The summed E-state index contributed by atoms with van der Waals surface area (Å²) < 4.78 is 1.73. The van der Waals surface area contributed by atoms with Crippen molar-refractivity contribution in [1.29, 1.82) is 0 Å². The molecule has 118 valence electrons. The first kappa shape index (κ1) is 15.6. The SMILES string of the molecule is Cc1nn(C)c2c1C(/C=C/C=C/c1ccc(Cl)cc1)CC(=O)N2. The number of amides is 1. The molecule has 4 nitrogen and oxygen atoms in total. The number of benzene rings is 1. The van der Waals surface area contributed by atoms with Gasteiger partial charge in [0, 0.05) is 30.0 Å². The zero-order chi connectivity index (χ0) is 16.4. The molecule has 23 heavy (non-hydrogen) atoms. The van der Waals surface area contributed by atoms with Crippen molar-refractivity contribution in [2.24, 2.45) is 7.05 Å². The minimum Gasteiger partial charge on any atom is -0.311 e. The van der Waals surface area contributed by atoms with E-state index < -0.39 is 0 Å². The molecule has 0 spiro atoms. The lowest BCUT2D eigenvalue weighted by Gasteiger charge is -2.20. The molecule has 0 bridgehead atoms. The topological polar surface area (TPSA) is 46.9 Å². The smallest absolute Gasteiger partial charge is 0.226 e. The van der Waals surface area contributed by atoms with Gasteiger partial charge in [-0.25, -0.2) is 0 Å². The predicted octanol–water partition coefficient (Wildman–Crippen LogP) is 4.08. The van der Waals surface area contributed by atoms with Crippen molar-refractivity contribution in [3.8, 4) is 0 Å². The number of hydrogen-bond acceptors (Lipinski definition) is 2. The Morgan fingerprint density at radius 2 is 2.04 bits per heavy atom. The zero-order valence-corrected chi connectivity index (χ0v) is 13.8. The van der Waals surface area contributed by atoms with E-state index in [0.29, 0.717) is 6.42 Å². The molecule has 0 saturated carbocycles. The first-order valence-corrected chi connectivity index (χ1v) is 7.86. The Balaban J connectivity index is 1.78. The van der Waals surface area contributed by atoms with Gasteiger partial charge in [-0.2, -0.15) is 5.10 Å². The highest BCUT2D eigenvalue weighted by Gasteiger charge is 2.28. The molecule has 0 radical (unpaired) electrons. The summed E-state index contributed by atoms with van der Waals surface area (Å²) in [5.41, 5.74) is 3.14. The monoisotopic (exact) mass is 327 g/mol. The number of nitrogens with zero attached hydrogens (tertiary/aromatic N) is 2. The van der Waals surface area contributed by atoms with Crippen LogP contribution in [-0.2, 0) is 11.8 Å². The van der Waals surface area contributed by atoms with E-state index in [1.54, 1.807) is 4.68 Å². The summed E-state index contributed by atoms with van der Waals surface area (Å²) >= 11 is 5.87. The predicted molar refractivity (Wildman–Crippen MR) is 93.6 cm³/mol. The van der Waals surface area contributed by atoms with Gasteiger partial charge in [0.15, 0.2) is 0 Å². The molecule has 1 N–H and O–H groups in total. The van der Waals surface area contributed by atoms with E-state index in [2.05, 4.69) is 16.5 Å². The fourth-order valence-corrected chi connectivity index (χ4v) is 2.98. The third-order valence-corrected chi connectivity index (χ3v) is 4.17. The molecule has 1 aliphatic rings. The molecule has 0 fully saturated rings. The lowest BCUT2D eigenvalue weighted by atomic mass is 9.91. The number of anilines is 1. The van der Waals surface area contributed by atoms with Crippen molar-refractivity contribution in [2.75, 3.05) is 5.32 Å². The molecule has 2 heterocycles. The van der Waals surface area contributed by atoms with Crippen LogP contribution in [0.1, 0.15) is 29.2 Å². The van der Waals surface area contributed by atoms with Gasteiger partial charge in [0.1, 0.15) is 5.82 Å². The quantitative estimate of drug-likeness (QED) is 0.863. The summed E-state index contributed by atoms with van der Waals surface area (Å²) in [7, 11) is 1.85. The van der Waals surface area contributed by atoms with Crippen LogP contribution in [0.15, 0.2) is 42.5 Å². The molecular weight excluding hydrogens is 310 g/mol. The summed E-state index contributed by atoms with van der Waals surface area (Å²) in [4.78, 5) is 11.9. The van der Waals surface area contributed by atoms with Crippen LogP contribution in [0.3, 0.4) is 0 Å². The fourth-order valence-electron chi connectivity index (χ4n) is 2.85. The van der Waals surface area contributed by atoms with Crippen molar-refractivity contribution in [1.82, 2.24) is 9.78 Å². The second kappa shape index (κ2) is 6.42. The van der Waals surface area contributed by atoms with Crippen LogP contribution < -0.4 is 5.32 Å². The summed E-state index contributed by atoms with van der Waals surface area (Å²) in [6.07, 6.45) is 8.46. The fraction of sp³-hybridized carbons (Fsp3) is 0.222. The third-order valence-electron chi connectivity index (χ3n) is 3.92. The number of carbonyl (C=O) groups is 1. The number of carbonyl (C=O) groups excluding carboxylic acids is 1. The van der Waals surface area contributed by atoms with Gasteiger partial charge in [0.25, 0.3) is 0 Å². The minimum atomic E-state index is 0.0248. The van der Waals surface area contributed by atoms with Gasteiger partial charge in [0.2, 0.25) is 5.91 Å². The molecule has 1 aromatic heterocycles. The van der Waals surface area contributed by atoms with Crippen LogP contribution in [0.4, 0.5) is 5.82 Å². The minimum absolute atomic E-state index is 0.0248. The standard InChI is InChI=1S/C18H18ClN3O/c1-12-17-14(11-16(23)20-18(17)22(2)21-12)6-4-3-5-13-7-9-15(19)10-8-13/h3-10,14H,11H2,1-2H3,(H,20,23)/b5-3+,6-4+. The molecule has 0 aliphatic carbocycles. The van der Waals surface area contributed by atoms with Gasteiger partial charge in [-0.05, 0) is 24.6 Å². The maximum absolute atomic E-state index is 11.9. The normalized spacial score (nSPS) is 17.7. The number of halogens is 1. The van der Waals surface area contributed by atoms with Gasteiger partial charge in [-0.15, -0.1) is 0 Å². The third kappa shape index (κ3) is 3.37. The molecule has 3 rings (SSSR count). The number of aromatic nitrogens is 2. The summed E-state index contributed by atoms with van der Waals surface area (Å²) in [5.74, 6) is 0.884. The number of nitrogens with one attached hydrogen (secondary N) is 1. The summed E-state index contributed by atoms with van der Waals surface area (Å²) in [6, 6.07) is 7.65. The highest BCUT2D eigenvalue weighted by molar-refractivity contribution is 6.30. The first-order chi connectivity index (χ1) is 11.0. The maximum Gasteiger partial charge on any atom is 0.226 e.